The van der Waals surface area contributed by atoms with E-state index in [4.69, 9.17) is 0 Å². The fraction of sp³-hybridized carbons (Fsp3) is 0.353. The Labute approximate surface area is 134 Å². The first-order valence-electron chi connectivity index (χ1n) is 7.25. The molecule has 2 heterocycles. The van der Waals surface area contributed by atoms with Gasteiger partial charge in [0.05, 0.1) is 0 Å². The first-order chi connectivity index (χ1) is 10.3. The Hall–Kier alpha value is -1.26. The van der Waals surface area contributed by atoms with Crippen molar-refractivity contribution in [2.24, 2.45) is 0 Å². The van der Waals surface area contributed by atoms with E-state index in [0.29, 0.717) is 5.25 Å². The van der Waals surface area contributed by atoms with Gasteiger partial charge in [0.25, 0.3) is 5.91 Å². The maximum atomic E-state index is 12.7. The molecule has 1 aromatic carbocycles. The summed E-state index contributed by atoms with van der Waals surface area (Å²) in [5, 5.41) is 2.68. The number of nitrogens with zero attached hydrogens (tertiary/aromatic N) is 1. The number of benzene rings is 1. The molecule has 3 rings (SSSR count). The molecule has 1 saturated heterocycles. The number of hydrogen-bond acceptors (Lipinski definition) is 3. The van der Waals surface area contributed by atoms with Crippen molar-refractivity contribution in [3.63, 3.8) is 0 Å². The van der Waals surface area contributed by atoms with Crippen LogP contribution in [0.2, 0.25) is 0 Å². The van der Waals surface area contributed by atoms with Gasteiger partial charge in [-0.25, -0.2) is 0 Å². The second-order valence-corrected chi connectivity index (χ2v) is 7.56. The van der Waals surface area contributed by atoms with Gasteiger partial charge in [-0.05, 0) is 36.4 Å². The fourth-order valence-corrected chi connectivity index (χ4v) is 4.90. The number of hydrogen-bond donors (Lipinski definition) is 0. The van der Waals surface area contributed by atoms with E-state index in [2.05, 4.69) is 17.5 Å². The summed E-state index contributed by atoms with van der Waals surface area (Å²) in [5.41, 5.74) is 1.91. The predicted molar refractivity (Wildman–Crippen MR) is 91.2 cm³/mol. The van der Waals surface area contributed by atoms with Gasteiger partial charge in [-0.1, -0.05) is 24.3 Å². The molecule has 2 aromatic rings. The van der Waals surface area contributed by atoms with Gasteiger partial charge in [0.2, 0.25) is 0 Å². The van der Waals surface area contributed by atoms with E-state index in [1.54, 1.807) is 0 Å². The van der Waals surface area contributed by atoms with Crippen LogP contribution >= 0.6 is 23.1 Å². The fourth-order valence-electron chi connectivity index (χ4n) is 2.66. The van der Waals surface area contributed by atoms with Crippen molar-refractivity contribution in [3.05, 3.63) is 57.8 Å². The number of rotatable bonds is 2. The SMILES string of the molecule is Cc1ccccc1C(=O)N1CCS[C@H](c2cccs2)CC1. The molecule has 0 radical (unpaired) electrons. The Balaban J connectivity index is 1.70. The Morgan fingerprint density at radius 3 is 2.81 bits per heavy atom. The van der Waals surface area contributed by atoms with E-state index in [1.807, 2.05) is 59.2 Å². The van der Waals surface area contributed by atoms with Gasteiger partial charge in [0, 0.05) is 34.5 Å². The Morgan fingerprint density at radius 1 is 1.19 bits per heavy atom. The Morgan fingerprint density at radius 2 is 2.05 bits per heavy atom. The van der Waals surface area contributed by atoms with E-state index in [-0.39, 0.29) is 5.91 Å². The minimum Gasteiger partial charge on any atom is -0.338 e. The van der Waals surface area contributed by atoms with Crippen molar-refractivity contribution < 1.29 is 4.79 Å². The number of thiophene rings is 1. The highest BCUT2D eigenvalue weighted by Gasteiger charge is 2.23. The first kappa shape index (κ1) is 14.7. The van der Waals surface area contributed by atoms with Crippen LogP contribution in [-0.2, 0) is 0 Å². The molecular weight excluding hydrogens is 298 g/mol. The highest BCUT2D eigenvalue weighted by Crippen LogP contribution is 2.36. The molecule has 1 aliphatic rings. The molecule has 1 atom stereocenters. The minimum absolute atomic E-state index is 0.181. The third-order valence-corrected chi connectivity index (χ3v) is 6.31. The lowest BCUT2D eigenvalue weighted by Gasteiger charge is -2.21. The summed E-state index contributed by atoms with van der Waals surface area (Å²) in [5.74, 6) is 1.20. The third kappa shape index (κ3) is 3.33. The highest BCUT2D eigenvalue weighted by molar-refractivity contribution is 7.99. The average Bonchev–Trinajstić information content (AvgIpc) is 2.92. The molecule has 0 spiro atoms. The summed E-state index contributed by atoms with van der Waals surface area (Å²) in [6, 6.07) is 12.2. The van der Waals surface area contributed by atoms with Crippen LogP contribution in [-0.4, -0.2) is 29.6 Å². The molecule has 1 aliphatic heterocycles. The van der Waals surface area contributed by atoms with Crippen LogP contribution in [0.3, 0.4) is 0 Å². The first-order valence-corrected chi connectivity index (χ1v) is 9.18. The molecule has 0 bridgehead atoms. The van der Waals surface area contributed by atoms with Crippen molar-refractivity contribution in [1.82, 2.24) is 4.90 Å². The van der Waals surface area contributed by atoms with Gasteiger partial charge >= 0.3 is 0 Å². The second-order valence-electron chi connectivity index (χ2n) is 5.27. The van der Waals surface area contributed by atoms with E-state index in [0.717, 1.165) is 36.4 Å². The van der Waals surface area contributed by atoms with Crippen molar-refractivity contribution in [1.29, 1.82) is 0 Å². The second kappa shape index (κ2) is 6.67. The average molecular weight is 317 g/mol. The van der Waals surface area contributed by atoms with E-state index >= 15 is 0 Å². The molecule has 0 unspecified atom stereocenters. The van der Waals surface area contributed by atoms with Crippen LogP contribution < -0.4 is 0 Å². The topological polar surface area (TPSA) is 20.3 Å². The van der Waals surface area contributed by atoms with Gasteiger partial charge in [0.15, 0.2) is 0 Å². The molecule has 0 aliphatic carbocycles. The number of carbonyl (C=O) groups excluding carboxylic acids is 1. The molecule has 1 fully saturated rings. The van der Waals surface area contributed by atoms with Crippen LogP contribution in [0.1, 0.15) is 32.5 Å². The predicted octanol–water partition coefficient (Wildman–Crippen LogP) is 4.38. The minimum atomic E-state index is 0.181. The van der Waals surface area contributed by atoms with Crippen LogP contribution in [0.5, 0.6) is 0 Å². The lowest BCUT2D eigenvalue weighted by molar-refractivity contribution is 0.0766. The van der Waals surface area contributed by atoms with Crippen molar-refractivity contribution in [2.45, 2.75) is 18.6 Å². The number of carbonyl (C=O) groups is 1. The van der Waals surface area contributed by atoms with Gasteiger partial charge in [0.1, 0.15) is 0 Å². The van der Waals surface area contributed by atoms with E-state index in [1.165, 1.54) is 4.88 Å². The zero-order chi connectivity index (χ0) is 14.7. The summed E-state index contributed by atoms with van der Waals surface area (Å²) in [4.78, 5) is 16.1. The van der Waals surface area contributed by atoms with Gasteiger partial charge in [-0.2, -0.15) is 11.8 Å². The molecule has 21 heavy (non-hydrogen) atoms. The van der Waals surface area contributed by atoms with Gasteiger partial charge in [-0.15, -0.1) is 11.3 Å². The molecule has 2 nitrogen and oxygen atoms in total. The highest BCUT2D eigenvalue weighted by atomic mass is 32.2. The van der Waals surface area contributed by atoms with Crippen molar-refractivity contribution in [3.8, 4) is 0 Å². The quantitative estimate of drug-likeness (QED) is 0.819. The number of amides is 1. The van der Waals surface area contributed by atoms with Crippen LogP contribution in [0.25, 0.3) is 0 Å². The molecule has 110 valence electrons. The zero-order valence-electron chi connectivity index (χ0n) is 12.1. The smallest absolute Gasteiger partial charge is 0.254 e. The van der Waals surface area contributed by atoms with Crippen LogP contribution in [0, 0.1) is 6.92 Å². The van der Waals surface area contributed by atoms with Crippen molar-refractivity contribution in [2.75, 3.05) is 18.8 Å². The Bertz CT molecular complexity index is 609. The monoisotopic (exact) mass is 317 g/mol. The molecule has 1 aromatic heterocycles. The number of aryl methyl sites for hydroxylation is 1. The van der Waals surface area contributed by atoms with Crippen LogP contribution in [0.4, 0.5) is 0 Å². The maximum Gasteiger partial charge on any atom is 0.254 e. The number of thioether (sulfide) groups is 1. The van der Waals surface area contributed by atoms with Gasteiger partial charge in [-0.3, -0.25) is 4.79 Å². The molecular formula is C17H19NOS2. The summed E-state index contributed by atoms with van der Waals surface area (Å²) in [6.45, 7) is 3.71. The molecule has 0 N–H and O–H groups in total. The van der Waals surface area contributed by atoms with Gasteiger partial charge < -0.3 is 4.90 Å². The summed E-state index contributed by atoms with van der Waals surface area (Å²) in [6.07, 6.45) is 1.04. The largest absolute Gasteiger partial charge is 0.338 e. The maximum absolute atomic E-state index is 12.7. The molecule has 1 amide bonds. The zero-order valence-corrected chi connectivity index (χ0v) is 13.8. The lowest BCUT2D eigenvalue weighted by atomic mass is 10.1. The lowest BCUT2D eigenvalue weighted by Crippen LogP contribution is -2.33. The molecule has 0 saturated carbocycles. The molecule has 4 heteroatoms. The van der Waals surface area contributed by atoms with Crippen molar-refractivity contribution >= 4 is 29.0 Å². The summed E-state index contributed by atoms with van der Waals surface area (Å²) >= 11 is 3.80. The standard InChI is InChI=1S/C17H19NOS2/c1-13-5-2-3-6-14(13)17(19)18-9-8-16(21-12-10-18)15-7-4-11-20-15/h2-7,11,16H,8-10,12H2,1H3/t16-/m0/s1. The summed E-state index contributed by atoms with van der Waals surface area (Å²) in [7, 11) is 0. The van der Waals surface area contributed by atoms with E-state index in [9.17, 15) is 4.79 Å². The Kier molecular flexibility index (Phi) is 4.66. The van der Waals surface area contributed by atoms with Crippen LogP contribution in [0.15, 0.2) is 41.8 Å². The normalized spacial score (nSPS) is 19.3. The van der Waals surface area contributed by atoms with E-state index < -0.39 is 0 Å². The summed E-state index contributed by atoms with van der Waals surface area (Å²) < 4.78 is 0. The third-order valence-electron chi connectivity index (χ3n) is 3.86.